The van der Waals surface area contributed by atoms with Crippen molar-refractivity contribution in [3.63, 3.8) is 0 Å². The first-order valence-electron chi connectivity index (χ1n) is 11.6. The first-order valence-corrected chi connectivity index (χ1v) is 11.6. The minimum atomic E-state index is -0.483. The van der Waals surface area contributed by atoms with E-state index < -0.39 is 5.79 Å². The maximum Gasteiger partial charge on any atom is 0.176 e. The second-order valence-electron chi connectivity index (χ2n) is 7.64. The van der Waals surface area contributed by atoms with Crippen LogP contribution in [-0.2, 0) is 9.47 Å². The molecule has 156 valence electrons. The summed E-state index contributed by atoms with van der Waals surface area (Å²) in [7, 11) is 0. The summed E-state index contributed by atoms with van der Waals surface area (Å²) in [6.07, 6.45) is 19.0. The van der Waals surface area contributed by atoms with Crippen LogP contribution < -0.4 is 0 Å². The summed E-state index contributed by atoms with van der Waals surface area (Å²) in [4.78, 5) is 0. The van der Waals surface area contributed by atoms with E-state index in [1.54, 1.807) is 0 Å². The molecule has 0 aromatic rings. The van der Waals surface area contributed by atoms with Crippen molar-refractivity contribution in [2.45, 2.75) is 124 Å². The first-order chi connectivity index (χ1) is 12.6. The van der Waals surface area contributed by atoms with Crippen LogP contribution in [0.15, 0.2) is 12.2 Å². The van der Waals surface area contributed by atoms with Crippen LogP contribution in [0.2, 0.25) is 0 Å². The molecule has 0 aromatic carbocycles. The molecule has 2 heteroatoms. The molecule has 0 heterocycles. The number of unbranched alkanes of at least 4 members (excludes halogenated alkanes) is 5. The Kier molecular flexibility index (Phi) is 15.5. The molecule has 0 fully saturated rings. The van der Waals surface area contributed by atoms with E-state index in [1.165, 1.54) is 38.5 Å². The molecule has 0 aliphatic heterocycles. The van der Waals surface area contributed by atoms with E-state index in [1.807, 2.05) is 0 Å². The molecule has 0 aromatic heterocycles. The Balaban J connectivity index is 5.39. The molecule has 2 nitrogen and oxygen atoms in total. The fourth-order valence-corrected chi connectivity index (χ4v) is 3.95. The van der Waals surface area contributed by atoms with Crippen LogP contribution in [0, 0.1) is 5.41 Å². The Morgan fingerprint density at radius 2 is 1.23 bits per heavy atom. The monoisotopic (exact) mass is 368 g/mol. The molecule has 26 heavy (non-hydrogen) atoms. The van der Waals surface area contributed by atoms with Gasteiger partial charge in [0.25, 0.3) is 0 Å². The number of hydrogen-bond acceptors (Lipinski definition) is 2. The highest BCUT2D eigenvalue weighted by molar-refractivity contribution is 5.07. The van der Waals surface area contributed by atoms with E-state index in [0.717, 1.165) is 51.7 Å². The molecule has 0 saturated carbocycles. The lowest BCUT2D eigenvalue weighted by molar-refractivity contribution is -0.293. The van der Waals surface area contributed by atoms with E-state index in [2.05, 4.69) is 53.7 Å². The van der Waals surface area contributed by atoms with Gasteiger partial charge in [0.2, 0.25) is 0 Å². The van der Waals surface area contributed by atoms with Crippen LogP contribution in [0.4, 0.5) is 0 Å². The normalized spacial score (nSPS) is 14.8. The summed E-state index contributed by atoms with van der Waals surface area (Å²) in [5.74, 6) is -0.483. The molecule has 0 radical (unpaired) electrons. The van der Waals surface area contributed by atoms with E-state index in [9.17, 15) is 0 Å². The molecule has 0 rings (SSSR count). The zero-order valence-electron chi connectivity index (χ0n) is 18.9. The molecule has 0 saturated heterocycles. The van der Waals surface area contributed by atoms with E-state index in [0.29, 0.717) is 0 Å². The van der Waals surface area contributed by atoms with Gasteiger partial charge in [0.05, 0.1) is 0 Å². The summed E-state index contributed by atoms with van der Waals surface area (Å²) in [6, 6.07) is 0. The highest BCUT2D eigenvalue weighted by Gasteiger charge is 2.49. The summed E-state index contributed by atoms with van der Waals surface area (Å²) >= 11 is 0. The number of allylic oxidation sites excluding steroid dienone is 1. The average molecular weight is 369 g/mol. The SMILES string of the molecule is CCC=CC(CC)(CCCCCCCC)C(CC)(OCCC)OCCC. The first kappa shape index (κ1) is 25.7. The quantitative estimate of drug-likeness (QED) is 0.138. The minimum absolute atomic E-state index is 0.0210. The third-order valence-electron chi connectivity index (χ3n) is 5.58. The molecule has 0 aliphatic carbocycles. The van der Waals surface area contributed by atoms with Gasteiger partial charge in [0.1, 0.15) is 0 Å². The fraction of sp³-hybridized carbons (Fsp3) is 0.917. The lowest BCUT2D eigenvalue weighted by atomic mass is 9.71. The van der Waals surface area contributed by atoms with Crippen LogP contribution >= 0.6 is 0 Å². The van der Waals surface area contributed by atoms with E-state index >= 15 is 0 Å². The van der Waals surface area contributed by atoms with Gasteiger partial charge in [-0.05, 0) is 38.5 Å². The summed E-state index contributed by atoms with van der Waals surface area (Å²) < 4.78 is 13.0. The smallest absolute Gasteiger partial charge is 0.176 e. The van der Waals surface area contributed by atoms with Crippen molar-refractivity contribution >= 4 is 0 Å². The predicted molar refractivity (Wildman–Crippen MR) is 116 cm³/mol. The van der Waals surface area contributed by atoms with Crippen LogP contribution in [0.1, 0.15) is 119 Å². The van der Waals surface area contributed by atoms with Gasteiger partial charge < -0.3 is 9.47 Å². The lowest BCUT2D eigenvalue weighted by Crippen LogP contribution is -2.51. The zero-order chi connectivity index (χ0) is 19.7. The summed E-state index contributed by atoms with van der Waals surface area (Å²) in [5, 5.41) is 0. The molecule has 0 spiro atoms. The van der Waals surface area contributed by atoms with Crippen LogP contribution in [-0.4, -0.2) is 19.0 Å². The van der Waals surface area contributed by atoms with Crippen molar-refractivity contribution in [2.24, 2.45) is 5.41 Å². The minimum Gasteiger partial charge on any atom is -0.349 e. The molecule has 0 bridgehead atoms. The summed E-state index contributed by atoms with van der Waals surface area (Å²) in [6.45, 7) is 15.0. The lowest BCUT2D eigenvalue weighted by Gasteiger charge is -2.48. The van der Waals surface area contributed by atoms with Gasteiger partial charge in [-0.25, -0.2) is 0 Å². The third-order valence-corrected chi connectivity index (χ3v) is 5.58. The number of hydrogen-bond donors (Lipinski definition) is 0. The van der Waals surface area contributed by atoms with Crippen molar-refractivity contribution in [2.75, 3.05) is 13.2 Å². The second kappa shape index (κ2) is 15.7. The molecular formula is C24H48O2. The van der Waals surface area contributed by atoms with Crippen molar-refractivity contribution in [3.05, 3.63) is 12.2 Å². The van der Waals surface area contributed by atoms with Gasteiger partial charge in [0.15, 0.2) is 5.79 Å². The van der Waals surface area contributed by atoms with Gasteiger partial charge >= 0.3 is 0 Å². The zero-order valence-corrected chi connectivity index (χ0v) is 18.9. The van der Waals surface area contributed by atoms with Gasteiger partial charge in [0, 0.05) is 18.6 Å². The van der Waals surface area contributed by atoms with Crippen LogP contribution in [0.3, 0.4) is 0 Å². The Morgan fingerprint density at radius 1 is 0.654 bits per heavy atom. The van der Waals surface area contributed by atoms with Crippen LogP contribution in [0.25, 0.3) is 0 Å². The Bertz CT molecular complexity index is 329. The van der Waals surface area contributed by atoms with Gasteiger partial charge in [-0.3, -0.25) is 0 Å². The van der Waals surface area contributed by atoms with Crippen molar-refractivity contribution in [1.82, 2.24) is 0 Å². The van der Waals surface area contributed by atoms with Crippen molar-refractivity contribution < 1.29 is 9.47 Å². The average Bonchev–Trinajstić information content (AvgIpc) is 2.68. The van der Waals surface area contributed by atoms with Gasteiger partial charge in [-0.2, -0.15) is 0 Å². The van der Waals surface area contributed by atoms with Crippen LogP contribution in [0.5, 0.6) is 0 Å². The van der Waals surface area contributed by atoms with Gasteiger partial charge in [-0.1, -0.05) is 92.2 Å². The third kappa shape index (κ3) is 8.13. The predicted octanol–water partition coefficient (Wildman–Crippen LogP) is 8.06. The maximum absolute atomic E-state index is 6.51. The van der Waals surface area contributed by atoms with E-state index in [4.69, 9.17) is 9.47 Å². The molecular weight excluding hydrogens is 320 g/mol. The molecule has 1 atom stereocenters. The topological polar surface area (TPSA) is 18.5 Å². The highest BCUT2D eigenvalue weighted by atomic mass is 16.7. The fourth-order valence-electron chi connectivity index (χ4n) is 3.95. The number of ether oxygens (including phenoxy) is 2. The Morgan fingerprint density at radius 3 is 1.69 bits per heavy atom. The molecule has 0 N–H and O–H groups in total. The molecule has 1 unspecified atom stereocenters. The second-order valence-corrected chi connectivity index (χ2v) is 7.64. The largest absolute Gasteiger partial charge is 0.349 e. The summed E-state index contributed by atoms with van der Waals surface area (Å²) in [5.41, 5.74) is -0.0210. The molecule has 0 amide bonds. The molecule has 0 aliphatic rings. The van der Waals surface area contributed by atoms with Crippen molar-refractivity contribution in [3.8, 4) is 0 Å². The Labute approximate surface area is 165 Å². The Hall–Kier alpha value is -0.340. The highest BCUT2D eigenvalue weighted by Crippen LogP contribution is 2.47. The van der Waals surface area contributed by atoms with Crippen molar-refractivity contribution in [1.29, 1.82) is 0 Å². The maximum atomic E-state index is 6.51. The number of rotatable bonds is 18. The van der Waals surface area contributed by atoms with E-state index in [-0.39, 0.29) is 5.41 Å². The standard InChI is InChI=1S/C24H48O2/c1-7-13-15-16-17-18-20-23(11-5,19-14-8-2)24(12-6,25-21-9-3)26-22-10-4/h14,19H,7-13,15-18,20-22H2,1-6H3. The van der Waals surface area contributed by atoms with Gasteiger partial charge in [-0.15, -0.1) is 0 Å².